The highest BCUT2D eigenvalue weighted by Gasteiger charge is 2.25. The molecule has 0 unspecified atom stereocenters. The van der Waals surface area contributed by atoms with Gasteiger partial charge in [0.25, 0.3) is 0 Å². The van der Waals surface area contributed by atoms with E-state index in [2.05, 4.69) is 16.0 Å². The van der Waals surface area contributed by atoms with Gasteiger partial charge in [0.15, 0.2) is 0 Å². The number of para-hydroxylation sites is 2. The average molecular weight is 371 g/mol. The summed E-state index contributed by atoms with van der Waals surface area (Å²) in [5, 5.41) is 3.43. The van der Waals surface area contributed by atoms with E-state index in [1.807, 2.05) is 54.6 Å². The molecule has 1 atom stereocenters. The summed E-state index contributed by atoms with van der Waals surface area (Å²) < 4.78 is 21.4. The van der Waals surface area contributed by atoms with Crippen LogP contribution in [0.25, 0.3) is 16.7 Å². The second-order valence-corrected chi connectivity index (χ2v) is 6.73. The first-order valence-electron chi connectivity index (χ1n) is 9.08. The summed E-state index contributed by atoms with van der Waals surface area (Å²) in [7, 11) is 1.65. The molecule has 0 fully saturated rings. The van der Waals surface area contributed by atoms with Gasteiger partial charge in [-0.3, -0.25) is 4.57 Å². The summed E-state index contributed by atoms with van der Waals surface area (Å²) in [6.45, 7) is 0. The van der Waals surface area contributed by atoms with Crippen molar-refractivity contribution >= 4 is 22.7 Å². The van der Waals surface area contributed by atoms with Crippen LogP contribution in [0.3, 0.4) is 0 Å². The maximum absolute atomic E-state index is 14.0. The van der Waals surface area contributed by atoms with Crippen LogP contribution in [0, 0.1) is 5.82 Å². The predicted molar refractivity (Wildman–Crippen MR) is 109 cm³/mol. The number of halogens is 1. The second-order valence-electron chi connectivity index (χ2n) is 6.73. The van der Waals surface area contributed by atoms with E-state index in [4.69, 9.17) is 9.72 Å². The number of imidazole rings is 1. The maximum atomic E-state index is 14.0. The summed E-state index contributed by atoms with van der Waals surface area (Å²) in [6.07, 6.45) is 2.10. The highest BCUT2D eigenvalue weighted by Crippen LogP contribution is 2.37. The molecule has 28 heavy (non-hydrogen) atoms. The molecule has 5 heteroatoms. The zero-order chi connectivity index (χ0) is 19.1. The fourth-order valence-electron chi connectivity index (χ4n) is 3.70. The van der Waals surface area contributed by atoms with Gasteiger partial charge in [-0.25, -0.2) is 9.37 Å². The van der Waals surface area contributed by atoms with E-state index < -0.39 is 0 Å². The smallest absolute Gasteiger partial charge is 0.209 e. The first-order valence-corrected chi connectivity index (χ1v) is 9.08. The quantitative estimate of drug-likeness (QED) is 0.535. The number of aromatic nitrogens is 2. The molecule has 4 nitrogen and oxygen atoms in total. The molecular formula is C23H18FN3O. The van der Waals surface area contributed by atoms with E-state index in [0.717, 1.165) is 39.6 Å². The van der Waals surface area contributed by atoms with E-state index in [0.29, 0.717) is 0 Å². The zero-order valence-electron chi connectivity index (χ0n) is 15.3. The van der Waals surface area contributed by atoms with Crippen LogP contribution in [-0.2, 0) is 0 Å². The number of allylic oxidation sites excluding steroid dienone is 1. The first kappa shape index (κ1) is 16.6. The largest absolute Gasteiger partial charge is 0.497 e. The zero-order valence-corrected chi connectivity index (χ0v) is 15.3. The third kappa shape index (κ3) is 2.72. The highest BCUT2D eigenvalue weighted by atomic mass is 19.1. The van der Waals surface area contributed by atoms with Crippen LogP contribution in [0.2, 0.25) is 0 Å². The molecular weight excluding hydrogens is 353 g/mol. The Morgan fingerprint density at radius 3 is 2.71 bits per heavy atom. The van der Waals surface area contributed by atoms with E-state index in [9.17, 15) is 4.39 Å². The molecule has 0 aliphatic carbocycles. The van der Waals surface area contributed by atoms with E-state index in [1.165, 1.54) is 6.07 Å². The highest BCUT2D eigenvalue weighted by molar-refractivity contribution is 5.85. The molecule has 3 aromatic carbocycles. The van der Waals surface area contributed by atoms with Crippen molar-refractivity contribution in [2.24, 2.45) is 0 Å². The fraction of sp³-hybridized carbons (Fsp3) is 0.0870. The molecule has 1 aliphatic rings. The number of fused-ring (bicyclic) bond motifs is 3. The number of ether oxygens (including phenoxy) is 1. The van der Waals surface area contributed by atoms with Crippen molar-refractivity contribution in [2.45, 2.75) is 6.04 Å². The molecule has 0 saturated heterocycles. The van der Waals surface area contributed by atoms with Crippen molar-refractivity contribution in [1.29, 1.82) is 0 Å². The van der Waals surface area contributed by atoms with Gasteiger partial charge in [0.05, 0.1) is 24.2 Å². The second kappa shape index (κ2) is 6.53. The molecule has 5 rings (SSSR count). The number of hydrogen-bond acceptors (Lipinski definition) is 3. The van der Waals surface area contributed by atoms with Crippen molar-refractivity contribution in [3.8, 4) is 5.75 Å². The number of hydrogen-bond donors (Lipinski definition) is 1. The van der Waals surface area contributed by atoms with Gasteiger partial charge in [-0.15, -0.1) is 0 Å². The van der Waals surface area contributed by atoms with Gasteiger partial charge in [0, 0.05) is 11.3 Å². The van der Waals surface area contributed by atoms with E-state index in [-0.39, 0.29) is 11.9 Å². The molecule has 4 aromatic rings. The molecule has 2 heterocycles. The normalized spacial score (nSPS) is 15.6. The standard InChI is InChI=1S/C23H18FN3O/c1-28-18-9-5-6-15(13-18)20-14-22(16-7-4-8-17(24)12-16)27-21-11-3-2-10-19(21)25-23(27)26-20/h2-14,22H,1H3,(H,25,26)/t22-/m0/s1. The van der Waals surface area contributed by atoms with Gasteiger partial charge in [0.2, 0.25) is 5.95 Å². The third-order valence-corrected chi connectivity index (χ3v) is 5.02. The molecule has 1 aromatic heterocycles. The van der Waals surface area contributed by atoms with Crippen molar-refractivity contribution in [2.75, 3.05) is 12.4 Å². The van der Waals surface area contributed by atoms with Gasteiger partial charge < -0.3 is 10.1 Å². The van der Waals surface area contributed by atoms with Crippen molar-refractivity contribution in [1.82, 2.24) is 9.55 Å². The Morgan fingerprint density at radius 2 is 1.86 bits per heavy atom. The van der Waals surface area contributed by atoms with Crippen molar-refractivity contribution in [3.05, 3.63) is 95.8 Å². The summed E-state index contributed by atoms with van der Waals surface area (Å²) in [5.74, 6) is 1.26. The third-order valence-electron chi connectivity index (χ3n) is 5.02. The Morgan fingerprint density at radius 1 is 1.00 bits per heavy atom. The van der Waals surface area contributed by atoms with Crippen LogP contribution in [0.1, 0.15) is 17.2 Å². The first-order chi connectivity index (χ1) is 13.7. The molecule has 0 spiro atoms. The van der Waals surface area contributed by atoms with E-state index >= 15 is 0 Å². The molecule has 0 saturated carbocycles. The van der Waals surface area contributed by atoms with Crippen molar-refractivity contribution in [3.63, 3.8) is 0 Å². The number of rotatable bonds is 3. The lowest BCUT2D eigenvalue weighted by Gasteiger charge is -2.26. The van der Waals surface area contributed by atoms with Gasteiger partial charge in [-0.1, -0.05) is 36.4 Å². The van der Waals surface area contributed by atoms with Crippen LogP contribution in [0.4, 0.5) is 10.3 Å². The van der Waals surface area contributed by atoms with Gasteiger partial charge in [-0.05, 0) is 48.0 Å². The van der Waals surface area contributed by atoms with Gasteiger partial charge >= 0.3 is 0 Å². The summed E-state index contributed by atoms with van der Waals surface area (Å²) in [4.78, 5) is 4.76. The average Bonchev–Trinajstić information content (AvgIpc) is 3.11. The SMILES string of the molecule is COc1cccc(C2=C[C@@H](c3cccc(F)c3)n3c(nc4ccccc43)N2)c1. The monoisotopic (exact) mass is 371 g/mol. The van der Waals surface area contributed by atoms with Crippen LogP contribution in [0.15, 0.2) is 78.9 Å². The minimum Gasteiger partial charge on any atom is -0.497 e. The van der Waals surface area contributed by atoms with Crippen LogP contribution in [0.5, 0.6) is 5.75 Å². The maximum Gasteiger partial charge on any atom is 0.209 e. The Balaban J connectivity index is 1.71. The number of nitrogens with one attached hydrogen (secondary N) is 1. The summed E-state index contributed by atoms with van der Waals surface area (Å²) in [5.41, 5.74) is 4.66. The lowest BCUT2D eigenvalue weighted by atomic mass is 10.0. The van der Waals surface area contributed by atoms with Crippen molar-refractivity contribution < 1.29 is 9.13 Å². The Bertz CT molecular complexity index is 1210. The molecule has 1 aliphatic heterocycles. The van der Waals surface area contributed by atoms with Crippen LogP contribution in [-0.4, -0.2) is 16.7 Å². The Kier molecular flexibility index (Phi) is 3.86. The van der Waals surface area contributed by atoms with Gasteiger partial charge in [-0.2, -0.15) is 0 Å². The number of benzene rings is 3. The molecule has 138 valence electrons. The number of anilines is 1. The Labute approximate surface area is 161 Å². The lowest BCUT2D eigenvalue weighted by molar-refractivity contribution is 0.414. The topological polar surface area (TPSA) is 39.1 Å². The number of methoxy groups -OCH3 is 1. The summed E-state index contributed by atoms with van der Waals surface area (Å²) >= 11 is 0. The van der Waals surface area contributed by atoms with Crippen LogP contribution < -0.4 is 10.1 Å². The minimum atomic E-state index is -0.252. The summed E-state index contributed by atoms with van der Waals surface area (Å²) in [6, 6.07) is 22.4. The van der Waals surface area contributed by atoms with Crippen LogP contribution >= 0.6 is 0 Å². The van der Waals surface area contributed by atoms with Gasteiger partial charge in [0.1, 0.15) is 11.6 Å². The molecule has 1 N–H and O–H groups in total. The minimum absolute atomic E-state index is 0.180. The fourth-order valence-corrected chi connectivity index (χ4v) is 3.70. The predicted octanol–water partition coefficient (Wildman–Crippen LogP) is 5.24. The molecule has 0 amide bonds. The molecule has 0 bridgehead atoms. The Hall–Kier alpha value is -3.60. The lowest BCUT2D eigenvalue weighted by Crippen LogP contribution is -2.19. The van der Waals surface area contributed by atoms with E-state index in [1.54, 1.807) is 19.2 Å². The molecule has 0 radical (unpaired) electrons. The number of nitrogens with zero attached hydrogens (tertiary/aromatic N) is 2.